The number of fused-ring (bicyclic) bond motifs is 1. The van der Waals surface area contributed by atoms with Crippen molar-refractivity contribution in [1.82, 2.24) is 4.98 Å². The van der Waals surface area contributed by atoms with Gasteiger partial charge in [-0.2, -0.15) is 0 Å². The van der Waals surface area contributed by atoms with Crippen LogP contribution < -0.4 is 0 Å². The van der Waals surface area contributed by atoms with Crippen molar-refractivity contribution in [3.8, 4) is 0 Å². The molecular weight excluding hydrogens is 224 g/mol. The van der Waals surface area contributed by atoms with Gasteiger partial charge in [0.1, 0.15) is 5.69 Å². The van der Waals surface area contributed by atoms with Crippen LogP contribution in [0.1, 0.15) is 16.1 Å². The van der Waals surface area contributed by atoms with Crippen LogP contribution in [-0.4, -0.2) is 23.0 Å². The van der Waals surface area contributed by atoms with E-state index in [4.69, 9.17) is 0 Å². The predicted octanol–water partition coefficient (Wildman–Crippen LogP) is 2.17. The maximum atomic E-state index is 11.3. The van der Waals surface area contributed by atoms with Crippen molar-refractivity contribution < 1.29 is 14.5 Å². The minimum atomic E-state index is -0.497. The van der Waals surface area contributed by atoms with Crippen molar-refractivity contribution in [2.24, 2.45) is 0 Å². The number of non-ortho nitro benzene ring substituents is 1. The van der Waals surface area contributed by atoms with Crippen LogP contribution in [0.25, 0.3) is 10.9 Å². The number of carbonyl (C=O) groups is 1. The molecule has 17 heavy (non-hydrogen) atoms. The molecule has 0 radical (unpaired) electrons. The van der Waals surface area contributed by atoms with Gasteiger partial charge in [0.2, 0.25) is 0 Å². The van der Waals surface area contributed by atoms with Crippen LogP contribution in [0.3, 0.4) is 0 Å². The largest absolute Gasteiger partial charge is 0.464 e. The van der Waals surface area contributed by atoms with Crippen molar-refractivity contribution in [2.45, 2.75) is 6.92 Å². The zero-order chi connectivity index (χ0) is 12.6. The number of H-pyrrole nitrogens is 1. The smallest absolute Gasteiger partial charge is 0.354 e. The van der Waals surface area contributed by atoms with Crippen molar-refractivity contribution >= 4 is 22.6 Å². The number of nitro benzene ring substituents is 1. The van der Waals surface area contributed by atoms with Crippen molar-refractivity contribution in [1.29, 1.82) is 0 Å². The fourth-order valence-electron chi connectivity index (χ4n) is 1.73. The number of carbonyl (C=O) groups excluding carboxylic acids is 1. The third-order valence-corrected chi connectivity index (χ3v) is 2.53. The van der Waals surface area contributed by atoms with Crippen LogP contribution in [0.5, 0.6) is 0 Å². The molecule has 6 heteroatoms. The SMILES string of the molecule is COC(=O)c1cc2cc([N+](=O)[O-])cc(C)c2[nH]1. The molecule has 0 saturated heterocycles. The van der Waals surface area contributed by atoms with Gasteiger partial charge >= 0.3 is 5.97 Å². The second kappa shape index (κ2) is 3.89. The predicted molar refractivity (Wildman–Crippen MR) is 61.0 cm³/mol. The Labute approximate surface area is 96.3 Å². The van der Waals surface area contributed by atoms with Crippen LogP contribution in [0.15, 0.2) is 18.2 Å². The first kappa shape index (κ1) is 11.1. The van der Waals surface area contributed by atoms with E-state index < -0.39 is 10.9 Å². The number of nitrogens with zero attached hydrogens (tertiary/aromatic N) is 1. The number of hydrogen-bond acceptors (Lipinski definition) is 4. The monoisotopic (exact) mass is 234 g/mol. The van der Waals surface area contributed by atoms with Crippen LogP contribution >= 0.6 is 0 Å². The van der Waals surface area contributed by atoms with Gasteiger partial charge < -0.3 is 9.72 Å². The van der Waals surface area contributed by atoms with E-state index in [-0.39, 0.29) is 11.4 Å². The lowest BCUT2D eigenvalue weighted by Gasteiger charge is -1.96. The Morgan fingerprint density at radius 3 is 2.71 bits per heavy atom. The van der Waals surface area contributed by atoms with Gasteiger partial charge in [-0.25, -0.2) is 4.79 Å². The molecule has 0 amide bonds. The van der Waals surface area contributed by atoms with Crippen LogP contribution in [0.4, 0.5) is 5.69 Å². The number of ether oxygens (including phenoxy) is 1. The molecule has 0 spiro atoms. The first-order valence-electron chi connectivity index (χ1n) is 4.89. The molecule has 0 aliphatic carbocycles. The highest BCUT2D eigenvalue weighted by Gasteiger charge is 2.14. The number of hydrogen-bond donors (Lipinski definition) is 1. The highest BCUT2D eigenvalue weighted by atomic mass is 16.6. The highest BCUT2D eigenvalue weighted by Crippen LogP contribution is 2.25. The first-order valence-corrected chi connectivity index (χ1v) is 4.89. The minimum Gasteiger partial charge on any atom is -0.464 e. The number of nitro groups is 1. The van der Waals surface area contributed by atoms with E-state index in [1.807, 2.05) is 0 Å². The number of aromatic amines is 1. The highest BCUT2D eigenvalue weighted by molar-refractivity contribution is 5.96. The molecule has 0 aliphatic heterocycles. The Hall–Kier alpha value is -2.37. The van der Waals surface area contributed by atoms with Gasteiger partial charge in [-0.15, -0.1) is 0 Å². The van der Waals surface area contributed by atoms with Gasteiger partial charge in [0.15, 0.2) is 0 Å². The summed E-state index contributed by atoms with van der Waals surface area (Å²) in [5.41, 5.74) is 1.71. The second-order valence-electron chi connectivity index (χ2n) is 3.66. The summed E-state index contributed by atoms with van der Waals surface area (Å²) in [6.07, 6.45) is 0. The number of esters is 1. The Bertz CT molecular complexity index is 615. The first-order chi connectivity index (χ1) is 8.02. The fourth-order valence-corrected chi connectivity index (χ4v) is 1.73. The summed E-state index contributed by atoms with van der Waals surface area (Å²) >= 11 is 0. The zero-order valence-corrected chi connectivity index (χ0v) is 9.31. The molecule has 6 nitrogen and oxygen atoms in total. The zero-order valence-electron chi connectivity index (χ0n) is 9.31. The Kier molecular flexibility index (Phi) is 2.55. The average molecular weight is 234 g/mol. The van der Waals surface area contributed by atoms with E-state index in [1.54, 1.807) is 13.0 Å². The molecule has 0 unspecified atom stereocenters. The summed E-state index contributed by atoms with van der Waals surface area (Å²) < 4.78 is 4.58. The van der Waals surface area contributed by atoms with E-state index in [1.165, 1.54) is 19.2 Å². The molecule has 88 valence electrons. The number of rotatable bonds is 2. The van der Waals surface area contributed by atoms with Crippen molar-refractivity contribution in [3.05, 3.63) is 39.6 Å². The van der Waals surface area contributed by atoms with Crippen LogP contribution in [0, 0.1) is 17.0 Å². The second-order valence-corrected chi connectivity index (χ2v) is 3.66. The van der Waals surface area contributed by atoms with Gasteiger partial charge in [0, 0.05) is 23.0 Å². The third-order valence-electron chi connectivity index (χ3n) is 2.53. The van der Waals surface area contributed by atoms with E-state index in [2.05, 4.69) is 9.72 Å². The number of aryl methyl sites for hydroxylation is 1. The van der Waals surface area contributed by atoms with Crippen LogP contribution in [0.2, 0.25) is 0 Å². The molecule has 1 aromatic carbocycles. The summed E-state index contributed by atoms with van der Waals surface area (Å²) in [5.74, 6) is -0.497. The molecule has 0 aliphatic rings. The van der Waals surface area contributed by atoms with Crippen molar-refractivity contribution in [2.75, 3.05) is 7.11 Å². The molecule has 1 N–H and O–H groups in total. The normalized spacial score (nSPS) is 10.5. The summed E-state index contributed by atoms with van der Waals surface area (Å²) in [6, 6.07) is 4.42. The molecular formula is C11H10N2O4. The van der Waals surface area contributed by atoms with E-state index in [9.17, 15) is 14.9 Å². The lowest BCUT2D eigenvalue weighted by molar-refractivity contribution is -0.384. The average Bonchev–Trinajstić information content (AvgIpc) is 2.72. The topological polar surface area (TPSA) is 85.2 Å². The van der Waals surface area contributed by atoms with Crippen LogP contribution in [-0.2, 0) is 4.74 Å². The molecule has 0 atom stereocenters. The van der Waals surface area contributed by atoms with Gasteiger partial charge in [0.05, 0.1) is 12.0 Å². The summed E-state index contributed by atoms with van der Waals surface area (Å²) in [6.45, 7) is 1.74. The van der Waals surface area contributed by atoms with Gasteiger partial charge in [0.25, 0.3) is 5.69 Å². The summed E-state index contributed by atoms with van der Waals surface area (Å²) in [7, 11) is 1.28. The Balaban J connectivity index is 2.64. The molecule has 2 aromatic rings. The number of methoxy groups -OCH3 is 1. The number of nitrogens with one attached hydrogen (secondary N) is 1. The number of aromatic nitrogens is 1. The quantitative estimate of drug-likeness (QED) is 0.490. The van der Waals surface area contributed by atoms with E-state index in [0.29, 0.717) is 16.5 Å². The lowest BCUT2D eigenvalue weighted by Crippen LogP contribution is -2.00. The lowest BCUT2D eigenvalue weighted by atomic mass is 10.1. The standard InChI is InChI=1S/C11H10N2O4/c1-6-3-8(13(15)16)4-7-5-9(11(14)17-2)12-10(6)7/h3-5,12H,1-2H3. The minimum absolute atomic E-state index is 0.00501. The van der Waals surface area contributed by atoms with E-state index >= 15 is 0 Å². The third kappa shape index (κ3) is 1.84. The Morgan fingerprint density at radius 2 is 2.12 bits per heavy atom. The van der Waals surface area contributed by atoms with Crippen molar-refractivity contribution in [3.63, 3.8) is 0 Å². The Morgan fingerprint density at radius 1 is 1.41 bits per heavy atom. The molecule has 0 saturated carbocycles. The maximum absolute atomic E-state index is 11.3. The van der Waals surface area contributed by atoms with Gasteiger partial charge in [-0.3, -0.25) is 10.1 Å². The number of benzene rings is 1. The van der Waals surface area contributed by atoms with E-state index in [0.717, 1.165) is 0 Å². The molecule has 0 bridgehead atoms. The van der Waals surface area contributed by atoms with Gasteiger partial charge in [-0.1, -0.05) is 0 Å². The molecule has 2 rings (SSSR count). The molecule has 1 heterocycles. The summed E-state index contributed by atoms with van der Waals surface area (Å²) in [4.78, 5) is 24.4. The maximum Gasteiger partial charge on any atom is 0.354 e. The van der Waals surface area contributed by atoms with Gasteiger partial charge in [-0.05, 0) is 18.6 Å². The molecule has 1 aromatic heterocycles. The summed E-state index contributed by atoms with van der Waals surface area (Å²) in [5, 5.41) is 11.3. The molecule has 0 fully saturated rings. The fraction of sp³-hybridized carbons (Fsp3) is 0.182.